The topological polar surface area (TPSA) is 92.3 Å². The minimum Gasteiger partial charge on any atom is -0.504 e. The molecule has 3 aromatic rings. The van der Waals surface area contributed by atoms with Gasteiger partial charge in [-0.05, 0) is 24.3 Å². The van der Waals surface area contributed by atoms with Gasteiger partial charge in [-0.25, -0.2) is 4.98 Å². The number of benzene rings is 1. The van der Waals surface area contributed by atoms with Crippen LogP contribution in [0, 0.1) is 0 Å². The highest BCUT2D eigenvalue weighted by atomic mass is 32.2. The van der Waals surface area contributed by atoms with E-state index in [1.165, 1.54) is 30.0 Å². The molecule has 0 spiro atoms. The Labute approximate surface area is 141 Å². The fraction of sp³-hybridized carbons (Fsp3) is 0.118. The second kappa shape index (κ2) is 6.76. The van der Waals surface area contributed by atoms with Crippen molar-refractivity contribution in [2.24, 2.45) is 0 Å². The molecule has 0 bridgehead atoms. The van der Waals surface area contributed by atoms with Crippen LogP contribution in [0.25, 0.3) is 11.0 Å². The van der Waals surface area contributed by atoms with E-state index in [2.05, 4.69) is 9.97 Å². The van der Waals surface area contributed by atoms with E-state index in [1.807, 2.05) is 12.1 Å². The molecule has 2 aromatic carbocycles. The van der Waals surface area contributed by atoms with E-state index in [0.717, 1.165) is 11.0 Å². The molecule has 1 aromatic heterocycles. The van der Waals surface area contributed by atoms with Crippen molar-refractivity contribution in [1.82, 2.24) is 9.97 Å². The molecule has 0 atom stereocenters. The molecule has 0 radical (unpaired) electrons. The molecule has 1 heterocycles. The van der Waals surface area contributed by atoms with Crippen molar-refractivity contribution in [1.29, 1.82) is 0 Å². The van der Waals surface area contributed by atoms with Crippen molar-refractivity contribution < 1.29 is 14.6 Å². The summed E-state index contributed by atoms with van der Waals surface area (Å²) < 4.78 is 5.15. The number of rotatable bonds is 5. The zero-order chi connectivity index (χ0) is 17.1. The molecular formula is C17H14N2O4S. The van der Waals surface area contributed by atoms with Gasteiger partial charge in [0.25, 0.3) is 0 Å². The second-order valence-corrected chi connectivity index (χ2v) is 5.95. The fourth-order valence-corrected chi connectivity index (χ4v) is 2.95. The Kier molecular flexibility index (Phi) is 4.52. The lowest BCUT2D eigenvalue weighted by Crippen LogP contribution is -2.06. The SMILES string of the molecule is COc1ccc2nc(SCC(=O)c3ccccc(=O)c3O)[nH]c2c1. The number of imidazole rings is 1. The number of aromatic hydroxyl groups is 1. The summed E-state index contributed by atoms with van der Waals surface area (Å²) in [5.74, 6) is -0.110. The Morgan fingerprint density at radius 1 is 1.29 bits per heavy atom. The summed E-state index contributed by atoms with van der Waals surface area (Å²) in [7, 11) is 1.59. The third kappa shape index (κ3) is 3.26. The van der Waals surface area contributed by atoms with Gasteiger partial charge in [0.05, 0.1) is 29.5 Å². The smallest absolute Gasteiger partial charge is 0.220 e. The number of nitrogens with one attached hydrogen (secondary N) is 1. The predicted octanol–water partition coefficient (Wildman–Crippen LogP) is 2.61. The van der Waals surface area contributed by atoms with Crippen molar-refractivity contribution >= 4 is 28.6 Å². The number of fused-ring (bicyclic) bond motifs is 1. The van der Waals surface area contributed by atoms with E-state index in [1.54, 1.807) is 19.2 Å². The summed E-state index contributed by atoms with van der Waals surface area (Å²) in [5.41, 5.74) is 1.00. The zero-order valence-corrected chi connectivity index (χ0v) is 13.6. The molecule has 0 aliphatic carbocycles. The molecule has 0 saturated carbocycles. The maximum absolute atomic E-state index is 12.3. The number of nitrogens with zero attached hydrogens (tertiary/aromatic N) is 1. The maximum atomic E-state index is 12.3. The lowest BCUT2D eigenvalue weighted by atomic mass is 10.2. The molecule has 0 amide bonds. The van der Waals surface area contributed by atoms with Gasteiger partial charge in [-0.15, -0.1) is 0 Å². The quantitative estimate of drug-likeness (QED) is 0.547. The number of Topliss-reactive ketones (excluding diaryl/α,β-unsaturated/α-hetero) is 1. The number of hydrogen-bond acceptors (Lipinski definition) is 6. The van der Waals surface area contributed by atoms with Gasteiger partial charge in [0.1, 0.15) is 5.75 Å². The maximum Gasteiger partial charge on any atom is 0.220 e. The normalized spacial score (nSPS) is 10.7. The molecule has 122 valence electrons. The van der Waals surface area contributed by atoms with Gasteiger partial charge in [-0.1, -0.05) is 23.9 Å². The average Bonchev–Trinajstić information content (AvgIpc) is 2.92. The van der Waals surface area contributed by atoms with Crippen LogP contribution in [-0.4, -0.2) is 33.7 Å². The molecule has 6 nitrogen and oxygen atoms in total. The Hall–Kier alpha value is -2.80. The molecule has 3 rings (SSSR count). The second-order valence-electron chi connectivity index (χ2n) is 4.98. The first kappa shape index (κ1) is 16.1. The number of methoxy groups -OCH3 is 1. The summed E-state index contributed by atoms with van der Waals surface area (Å²) in [6, 6.07) is 11.1. The van der Waals surface area contributed by atoms with Crippen molar-refractivity contribution in [3.63, 3.8) is 0 Å². The van der Waals surface area contributed by atoms with E-state index < -0.39 is 11.2 Å². The van der Waals surface area contributed by atoms with E-state index in [4.69, 9.17) is 4.74 Å². The van der Waals surface area contributed by atoms with E-state index in [9.17, 15) is 14.7 Å². The number of aromatic nitrogens is 2. The third-order valence-corrected chi connectivity index (χ3v) is 4.29. The van der Waals surface area contributed by atoms with E-state index in [-0.39, 0.29) is 17.1 Å². The minimum absolute atomic E-state index is 0.00952. The number of carbonyl (C=O) groups is 1. The van der Waals surface area contributed by atoms with Gasteiger partial charge < -0.3 is 14.8 Å². The van der Waals surface area contributed by atoms with Crippen molar-refractivity contribution in [3.8, 4) is 11.5 Å². The molecule has 0 aliphatic rings. The monoisotopic (exact) mass is 342 g/mol. The lowest BCUT2D eigenvalue weighted by Gasteiger charge is -1.99. The van der Waals surface area contributed by atoms with Crippen molar-refractivity contribution in [3.05, 3.63) is 58.3 Å². The number of carbonyl (C=O) groups excluding carboxylic acids is 1. The molecule has 0 unspecified atom stereocenters. The number of ketones is 1. The predicted molar refractivity (Wildman–Crippen MR) is 92.1 cm³/mol. The number of ether oxygens (including phenoxy) is 1. The van der Waals surface area contributed by atoms with Crippen LogP contribution in [0.1, 0.15) is 10.4 Å². The highest BCUT2D eigenvalue weighted by Crippen LogP contribution is 2.24. The van der Waals surface area contributed by atoms with Crippen LogP contribution in [0.3, 0.4) is 0 Å². The summed E-state index contributed by atoms with van der Waals surface area (Å²) >= 11 is 1.20. The number of H-pyrrole nitrogens is 1. The molecule has 7 heteroatoms. The summed E-state index contributed by atoms with van der Waals surface area (Å²) in [6.45, 7) is 0. The molecule has 0 saturated heterocycles. The Morgan fingerprint density at radius 3 is 2.88 bits per heavy atom. The molecule has 2 N–H and O–H groups in total. The number of aromatic amines is 1. The highest BCUT2D eigenvalue weighted by Gasteiger charge is 2.14. The van der Waals surface area contributed by atoms with Gasteiger partial charge in [-0.2, -0.15) is 0 Å². The summed E-state index contributed by atoms with van der Waals surface area (Å²) in [6.07, 6.45) is 0. The standard InChI is InChI=1S/C17H14N2O4S/c1-23-10-6-7-12-13(8-10)19-17(18-12)24-9-15(21)11-4-2-3-5-14(20)16(11)22/h2-8H,9H2,1H3,(H,18,19)(H,20,22). The van der Waals surface area contributed by atoms with Crippen LogP contribution in [0.5, 0.6) is 11.5 Å². The van der Waals surface area contributed by atoms with Crippen LogP contribution in [-0.2, 0) is 0 Å². The van der Waals surface area contributed by atoms with E-state index in [0.29, 0.717) is 10.9 Å². The zero-order valence-electron chi connectivity index (χ0n) is 12.8. The number of hydrogen-bond donors (Lipinski definition) is 2. The van der Waals surface area contributed by atoms with E-state index >= 15 is 0 Å². The Morgan fingerprint density at radius 2 is 2.08 bits per heavy atom. The molecule has 0 aliphatic heterocycles. The van der Waals surface area contributed by atoms with Crippen LogP contribution in [0.15, 0.2) is 52.4 Å². The van der Waals surface area contributed by atoms with Gasteiger partial charge in [0.15, 0.2) is 16.7 Å². The van der Waals surface area contributed by atoms with Gasteiger partial charge in [-0.3, -0.25) is 9.59 Å². The summed E-state index contributed by atoms with van der Waals surface area (Å²) in [4.78, 5) is 31.3. The Balaban J connectivity index is 1.79. The first-order chi connectivity index (χ1) is 11.6. The summed E-state index contributed by atoms with van der Waals surface area (Å²) in [5, 5.41) is 10.4. The van der Waals surface area contributed by atoms with Crippen molar-refractivity contribution in [2.45, 2.75) is 5.16 Å². The van der Waals surface area contributed by atoms with Crippen LogP contribution < -0.4 is 10.2 Å². The van der Waals surface area contributed by atoms with Gasteiger partial charge >= 0.3 is 0 Å². The lowest BCUT2D eigenvalue weighted by molar-refractivity contribution is 0.102. The van der Waals surface area contributed by atoms with Crippen LogP contribution >= 0.6 is 11.8 Å². The first-order valence-corrected chi connectivity index (χ1v) is 8.09. The minimum atomic E-state index is -0.579. The van der Waals surface area contributed by atoms with Gasteiger partial charge in [0.2, 0.25) is 5.43 Å². The van der Waals surface area contributed by atoms with Gasteiger partial charge in [0, 0.05) is 6.07 Å². The molecule has 24 heavy (non-hydrogen) atoms. The highest BCUT2D eigenvalue weighted by molar-refractivity contribution is 7.99. The first-order valence-electron chi connectivity index (χ1n) is 7.10. The van der Waals surface area contributed by atoms with Crippen LogP contribution in [0.4, 0.5) is 0 Å². The van der Waals surface area contributed by atoms with Crippen LogP contribution in [0.2, 0.25) is 0 Å². The van der Waals surface area contributed by atoms with Crippen molar-refractivity contribution in [2.75, 3.05) is 12.9 Å². The molecule has 0 fully saturated rings. The number of thioether (sulfide) groups is 1. The average molecular weight is 342 g/mol. The molecular weight excluding hydrogens is 328 g/mol. The third-order valence-electron chi connectivity index (χ3n) is 3.42. The largest absolute Gasteiger partial charge is 0.504 e. The fourth-order valence-electron chi connectivity index (χ4n) is 2.18. The Bertz CT molecular complexity index is 968.